The maximum atomic E-state index is 12.1. The summed E-state index contributed by atoms with van der Waals surface area (Å²) < 4.78 is 5.05. The molecule has 0 aliphatic heterocycles. The lowest BCUT2D eigenvalue weighted by atomic mass is 10.00. The normalized spacial score (nSPS) is 11.6. The number of hydrogen-bond acceptors (Lipinski definition) is 7. The van der Waals surface area contributed by atoms with E-state index in [-0.39, 0.29) is 23.2 Å². The van der Waals surface area contributed by atoms with Crippen molar-refractivity contribution in [1.82, 2.24) is 0 Å². The first kappa shape index (κ1) is 15.6. The summed E-state index contributed by atoms with van der Waals surface area (Å²) in [5.74, 6) is -2.33. The van der Waals surface area contributed by atoms with Crippen LogP contribution >= 0.6 is 0 Å². The molecule has 2 rings (SSSR count). The standard InChI is InChI=1S/C15H14O7/c1-2-3-8-6-12(18)21-15-9(8)4-5-11(22-20)13(15)14(19)10(17)7-16/h4-7,16-17,20H,2-3H2,1H3/b10-7-. The molecule has 2 aromatic rings. The molecule has 1 heterocycles. The highest BCUT2D eigenvalue weighted by atomic mass is 17.1. The number of aryl methyl sites for hydroxylation is 1. The van der Waals surface area contributed by atoms with E-state index in [1.54, 1.807) is 0 Å². The summed E-state index contributed by atoms with van der Waals surface area (Å²) in [6.07, 6.45) is 1.55. The van der Waals surface area contributed by atoms with Gasteiger partial charge >= 0.3 is 5.63 Å². The fourth-order valence-electron chi connectivity index (χ4n) is 2.23. The number of fused-ring (bicyclic) bond motifs is 1. The number of ketones is 1. The molecule has 0 saturated heterocycles. The minimum Gasteiger partial charge on any atom is -0.512 e. The Hall–Kier alpha value is -2.80. The molecule has 0 saturated carbocycles. The van der Waals surface area contributed by atoms with Crippen LogP contribution in [0.15, 0.2) is 39.4 Å². The van der Waals surface area contributed by atoms with Crippen molar-refractivity contribution in [3.05, 3.63) is 51.8 Å². The number of hydrogen-bond donors (Lipinski definition) is 3. The average molecular weight is 306 g/mol. The van der Waals surface area contributed by atoms with Crippen LogP contribution in [0.4, 0.5) is 0 Å². The van der Waals surface area contributed by atoms with Crippen LogP contribution in [-0.4, -0.2) is 21.3 Å². The first-order valence-electron chi connectivity index (χ1n) is 6.52. The SMILES string of the molecule is CCCc1cc(=O)oc2c(C(=O)/C(O)=C/O)c(OO)ccc12. The Morgan fingerprint density at radius 1 is 1.41 bits per heavy atom. The van der Waals surface area contributed by atoms with E-state index in [4.69, 9.17) is 14.8 Å². The molecule has 0 amide bonds. The van der Waals surface area contributed by atoms with Crippen LogP contribution in [-0.2, 0) is 6.42 Å². The smallest absolute Gasteiger partial charge is 0.336 e. The number of rotatable bonds is 5. The number of aliphatic hydroxyl groups is 2. The summed E-state index contributed by atoms with van der Waals surface area (Å²) in [6.45, 7) is 1.93. The van der Waals surface area contributed by atoms with E-state index in [0.717, 1.165) is 6.42 Å². The van der Waals surface area contributed by atoms with E-state index in [1.807, 2.05) is 6.92 Å². The minimum atomic E-state index is -1.05. The minimum absolute atomic E-state index is 0.124. The van der Waals surface area contributed by atoms with Crippen LogP contribution in [0.25, 0.3) is 11.0 Å². The molecule has 0 fully saturated rings. The Balaban J connectivity index is 2.87. The molecule has 116 valence electrons. The molecular formula is C15H14O7. The Morgan fingerprint density at radius 3 is 2.73 bits per heavy atom. The van der Waals surface area contributed by atoms with Crippen LogP contribution < -0.4 is 10.5 Å². The summed E-state index contributed by atoms with van der Waals surface area (Å²) in [5.41, 5.74) is -0.480. The predicted octanol–water partition coefficient (Wildman–Crippen LogP) is 2.74. The molecule has 0 unspecified atom stereocenters. The predicted molar refractivity (Wildman–Crippen MR) is 77.4 cm³/mol. The van der Waals surface area contributed by atoms with Crippen LogP contribution in [0.1, 0.15) is 29.3 Å². The molecule has 0 bridgehead atoms. The molecule has 1 aromatic carbocycles. The lowest BCUT2D eigenvalue weighted by molar-refractivity contribution is -0.137. The van der Waals surface area contributed by atoms with Crippen LogP contribution in [0.3, 0.4) is 0 Å². The van der Waals surface area contributed by atoms with Crippen molar-refractivity contribution in [2.24, 2.45) is 0 Å². The molecule has 0 spiro atoms. The average Bonchev–Trinajstić information content (AvgIpc) is 2.52. The van der Waals surface area contributed by atoms with Crippen LogP contribution in [0.2, 0.25) is 0 Å². The molecule has 22 heavy (non-hydrogen) atoms. The Bertz CT molecular complexity index is 801. The summed E-state index contributed by atoms with van der Waals surface area (Å²) in [4.78, 5) is 27.9. The molecular weight excluding hydrogens is 292 g/mol. The van der Waals surface area contributed by atoms with Crippen LogP contribution in [0, 0.1) is 0 Å². The molecule has 1 aromatic heterocycles. The summed E-state index contributed by atoms with van der Waals surface area (Å²) in [7, 11) is 0. The van der Waals surface area contributed by atoms with E-state index >= 15 is 0 Å². The number of benzene rings is 1. The molecule has 0 radical (unpaired) electrons. The highest BCUT2D eigenvalue weighted by molar-refractivity contribution is 6.15. The summed E-state index contributed by atoms with van der Waals surface area (Å²) in [6, 6.07) is 4.16. The van der Waals surface area contributed by atoms with Crippen molar-refractivity contribution < 1.29 is 29.6 Å². The number of carbonyl (C=O) groups excluding carboxylic acids is 1. The first-order chi connectivity index (χ1) is 10.5. The maximum Gasteiger partial charge on any atom is 0.336 e. The van der Waals surface area contributed by atoms with Crippen molar-refractivity contribution in [2.75, 3.05) is 0 Å². The van der Waals surface area contributed by atoms with E-state index in [9.17, 15) is 14.7 Å². The van der Waals surface area contributed by atoms with Gasteiger partial charge in [-0.3, -0.25) is 4.79 Å². The van der Waals surface area contributed by atoms with Crippen molar-refractivity contribution >= 4 is 16.8 Å². The lowest BCUT2D eigenvalue weighted by Gasteiger charge is -2.10. The highest BCUT2D eigenvalue weighted by Gasteiger charge is 2.24. The summed E-state index contributed by atoms with van der Waals surface area (Å²) in [5, 5.41) is 27.5. The summed E-state index contributed by atoms with van der Waals surface area (Å²) >= 11 is 0. The Kier molecular flexibility index (Phi) is 4.47. The zero-order chi connectivity index (χ0) is 16.3. The third kappa shape index (κ3) is 2.66. The van der Waals surface area contributed by atoms with Crippen molar-refractivity contribution in [1.29, 1.82) is 0 Å². The van der Waals surface area contributed by atoms with Gasteiger partial charge in [-0.1, -0.05) is 13.3 Å². The molecule has 3 N–H and O–H groups in total. The number of aliphatic hydroxyl groups excluding tert-OH is 2. The molecule has 0 aliphatic rings. The lowest BCUT2D eigenvalue weighted by Crippen LogP contribution is -2.09. The molecule has 7 nitrogen and oxygen atoms in total. The van der Waals surface area contributed by atoms with E-state index < -0.39 is 17.2 Å². The monoisotopic (exact) mass is 306 g/mol. The van der Waals surface area contributed by atoms with Gasteiger partial charge in [-0.05, 0) is 24.1 Å². The number of allylic oxidation sites excluding steroid dienone is 1. The maximum absolute atomic E-state index is 12.1. The van der Waals surface area contributed by atoms with Gasteiger partial charge in [0, 0.05) is 11.5 Å². The number of carbonyl (C=O) groups is 1. The zero-order valence-corrected chi connectivity index (χ0v) is 11.7. The fourth-order valence-corrected chi connectivity index (χ4v) is 2.23. The topological polar surface area (TPSA) is 117 Å². The molecule has 7 heteroatoms. The van der Waals surface area contributed by atoms with Gasteiger partial charge in [-0.2, -0.15) is 0 Å². The second-order valence-electron chi connectivity index (χ2n) is 4.59. The van der Waals surface area contributed by atoms with Crippen molar-refractivity contribution in [2.45, 2.75) is 19.8 Å². The quantitative estimate of drug-likeness (QED) is 0.194. The Morgan fingerprint density at radius 2 is 2.14 bits per heavy atom. The van der Waals surface area contributed by atoms with Crippen molar-refractivity contribution in [3.63, 3.8) is 0 Å². The third-order valence-corrected chi connectivity index (χ3v) is 3.16. The molecule has 0 atom stereocenters. The van der Waals surface area contributed by atoms with E-state index in [1.165, 1.54) is 18.2 Å². The largest absolute Gasteiger partial charge is 0.512 e. The van der Waals surface area contributed by atoms with Gasteiger partial charge in [-0.15, -0.1) is 0 Å². The Labute approximate surface area is 124 Å². The van der Waals surface area contributed by atoms with Crippen molar-refractivity contribution in [3.8, 4) is 5.75 Å². The highest BCUT2D eigenvalue weighted by Crippen LogP contribution is 2.31. The first-order valence-corrected chi connectivity index (χ1v) is 6.52. The fraction of sp³-hybridized carbons (Fsp3) is 0.200. The van der Waals surface area contributed by atoms with E-state index in [2.05, 4.69) is 4.89 Å². The molecule has 0 aliphatic carbocycles. The third-order valence-electron chi connectivity index (χ3n) is 3.16. The van der Waals surface area contributed by atoms with Gasteiger partial charge in [0.15, 0.2) is 17.1 Å². The second kappa shape index (κ2) is 6.31. The zero-order valence-electron chi connectivity index (χ0n) is 11.7. The van der Waals surface area contributed by atoms with Gasteiger partial charge in [0.25, 0.3) is 0 Å². The van der Waals surface area contributed by atoms with Gasteiger partial charge < -0.3 is 19.5 Å². The van der Waals surface area contributed by atoms with Gasteiger partial charge in [0.1, 0.15) is 11.8 Å². The van der Waals surface area contributed by atoms with Gasteiger partial charge in [0.2, 0.25) is 5.78 Å². The van der Waals surface area contributed by atoms with E-state index in [0.29, 0.717) is 17.4 Å². The number of Topliss-reactive ketones (excluding diaryl/α,β-unsaturated/α-hetero) is 1. The van der Waals surface area contributed by atoms with Crippen LogP contribution in [0.5, 0.6) is 5.75 Å². The van der Waals surface area contributed by atoms with Gasteiger partial charge in [0.05, 0.1) is 0 Å². The van der Waals surface area contributed by atoms with Gasteiger partial charge in [-0.25, -0.2) is 10.1 Å². The second-order valence-corrected chi connectivity index (χ2v) is 4.59.